The van der Waals surface area contributed by atoms with Crippen molar-refractivity contribution in [3.05, 3.63) is 48.3 Å². The zero-order valence-corrected chi connectivity index (χ0v) is 17.9. The van der Waals surface area contributed by atoms with Gasteiger partial charge in [0.05, 0.1) is 11.9 Å². The van der Waals surface area contributed by atoms with Gasteiger partial charge in [-0.1, -0.05) is 0 Å². The molecule has 2 amide bonds. The Kier molecular flexibility index (Phi) is 4.42. The maximum absolute atomic E-state index is 12.1. The van der Waals surface area contributed by atoms with E-state index in [0.29, 0.717) is 29.5 Å². The summed E-state index contributed by atoms with van der Waals surface area (Å²) in [6, 6.07) is 9.62. The Balaban J connectivity index is 1.29. The molecule has 0 aliphatic carbocycles. The van der Waals surface area contributed by atoms with Crippen LogP contribution in [0.25, 0.3) is 11.1 Å². The first kappa shape index (κ1) is 19.5. The van der Waals surface area contributed by atoms with Crippen LogP contribution in [0.3, 0.4) is 0 Å². The van der Waals surface area contributed by atoms with Crippen LogP contribution < -0.4 is 25.0 Å². The van der Waals surface area contributed by atoms with Gasteiger partial charge in [-0.15, -0.1) is 0 Å². The fourth-order valence-electron chi connectivity index (χ4n) is 4.47. The Labute approximate surface area is 189 Å². The van der Waals surface area contributed by atoms with E-state index in [9.17, 15) is 9.59 Å². The lowest BCUT2D eigenvalue weighted by molar-refractivity contribution is -0.119. The van der Waals surface area contributed by atoms with E-state index in [0.717, 1.165) is 41.1 Å². The highest BCUT2D eigenvalue weighted by Crippen LogP contribution is 2.44. The zero-order chi connectivity index (χ0) is 22.5. The maximum Gasteiger partial charge on any atom is 0.262 e. The van der Waals surface area contributed by atoms with Gasteiger partial charge in [0.2, 0.25) is 11.8 Å². The molecule has 3 aliphatic heterocycles. The summed E-state index contributed by atoms with van der Waals surface area (Å²) in [5.74, 6) is 1.72. The van der Waals surface area contributed by atoms with Crippen molar-refractivity contribution in [2.45, 2.75) is 25.9 Å². The van der Waals surface area contributed by atoms with Crippen molar-refractivity contribution < 1.29 is 19.1 Å². The molecule has 1 aromatic carbocycles. The Morgan fingerprint density at radius 2 is 2.03 bits per heavy atom. The molecule has 9 heteroatoms. The summed E-state index contributed by atoms with van der Waals surface area (Å²) >= 11 is 0. The fourth-order valence-corrected chi connectivity index (χ4v) is 4.47. The fraction of sp³-hybridized carbons (Fsp3) is 0.250. The molecule has 0 bridgehead atoms. The number of rotatable bonds is 3. The van der Waals surface area contributed by atoms with Crippen molar-refractivity contribution in [2.75, 3.05) is 28.7 Å². The van der Waals surface area contributed by atoms with Crippen molar-refractivity contribution in [2.24, 2.45) is 0 Å². The molecule has 3 aromatic rings. The summed E-state index contributed by atoms with van der Waals surface area (Å²) < 4.78 is 11.5. The third-order valence-corrected chi connectivity index (χ3v) is 6.06. The van der Waals surface area contributed by atoms with Gasteiger partial charge in [-0.3, -0.25) is 9.59 Å². The van der Waals surface area contributed by atoms with Crippen molar-refractivity contribution >= 4 is 34.7 Å². The molecule has 1 fully saturated rings. The van der Waals surface area contributed by atoms with Crippen LogP contribution in [0.4, 0.5) is 22.9 Å². The molecular formula is C24H21N5O4. The van der Waals surface area contributed by atoms with Crippen LogP contribution >= 0.6 is 0 Å². The van der Waals surface area contributed by atoms with Crippen molar-refractivity contribution in [3.63, 3.8) is 0 Å². The first-order valence-electron chi connectivity index (χ1n) is 10.9. The van der Waals surface area contributed by atoms with Crippen molar-refractivity contribution in [3.8, 4) is 22.8 Å². The summed E-state index contributed by atoms with van der Waals surface area (Å²) in [7, 11) is 0. The molecule has 0 spiro atoms. The first-order chi connectivity index (χ1) is 16.0. The molecule has 5 heterocycles. The second kappa shape index (κ2) is 7.47. The lowest BCUT2D eigenvalue weighted by atomic mass is 9.94. The summed E-state index contributed by atoms with van der Waals surface area (Å²) in [5, 5.41) is 5.98. The molecule has 33 heavy (non-hydrogen) atoms. The van der Waals surface area contributed by atoms with Gasteiger partial charge in [0, 0.05) is 47.6 Å². The van der Waals surface area contributed by atoms with Crippen LogP contribution in [-0.2, 0) is 9.59 Å². The largest absolute Gasteiger partial charge is 0.485 e. The van der Waals surface area contributed by atoms with Crippen LogP contribution in [0, 0.1) is 0 Å². The SMILES string of the molecule is CC1Oc2cc(N3CCCC3=O)ccc2-c2cnc(Nc3cnc4c(c3)NC(=O)CO4)cc21. The highest BCUT2D eigenvalue weighted by molar-refractivity contribution is 5.96. The number of aromatic nitrogens is 2. The number of fused-ring (bicyclic) bond motifs is 4. The molecule has 9 nitrogen and oxygen atoms in total. The molecule has 166 valence electrons. The molecule has 0 saturated carbocycles. The number of hydrogen-bond acceptors (Lipinski definition) is 7. The summed E-state index contributed by atoms with van der Waals surface area (Å²) in [6.45, 7) is 2.70. The molecule has 1 saturated heterocycles. The van der Waals surface area contributed by atoms with Crippen LogP contribution in [0.15, 0.2) is 42.7 Å². The minimum atomic E-state index is -0.213. The predicted octanol–water partition coefficient (Wildman–Crippen LogP) is 3.80. The van der Waals surface area contributed by atoms with Crippen LogP contribution in [0.1, 0.15) is 31.4 Å². The number of nitrogens with zero attached hydrogens (tertiary/aromatic N) is 3. The number of pyridine rings is 2. The van der Waals surface area contributed by atoms with E-state index in [1.807, 2.05) is 42.3 Å². The van der Waals surface area contributed by atoms with Gasteiger partial charge in [0.25, 0.3) is 5.91 Å². The number of nitrogens with one attached hydrogen (secondary N) is 2. The monoisotopic (exact) mass is 443 g/mol. The standard InChI is InChI=1S/C24H21N5O4/c1-13-17-9-21(27-14-7-19-24(26-10-14)32-12-22(30)28-19)25-11-18(17)16-5-4-15(8-20(16)33-13)29-6-2-3-23(29)31/h4-5,7-11,13H,2-3,6,12H2,1H3,(H,25,27)(H,28,30). The summed E-state index contributed by atoms with van der Waals surface area (Å²) in [5.41, 5.74) is 5.02. The highest BCUT2D eigenvalue weighted by atomic mass is 16.5. The van der Waals surface area contributed by atoms with Gasteiger partial charge >= 0.3 is 0 Å². The highest BCUT2D eigenvalue weighted by Gasteiger charge is 2.27. The molecule has 6 rings (SSSR count). The molecule has 2 N–H and O–H groups in total. The minimum absolute atomic E-state index is 0.0334. The smallest absolute Gasteiger partial charge is 0.262 e. The van der Waals surface area contributed by atoms with Crippen molar-refractivity contribution in [1.29, 1.82) is 0 Å². The predicted molar refractivity (Wildman–Crippen MR) is 122 cm³/mol. The van der Waals surface area contributed by atoms with Gasteiger partial charge in [-0.2, -0.15) is 0 Å². The molecule has 0 radical (unpaired) electrons. The second-order valence-corrected chi connectivity index (χ2v) is 8.28. The van der Waals surface area contributed by atoms with E-state index in [1.54, 1.807) is 12.3 Å². The maximum atomic E-state index is 12.1. The summed E-state index contributed by atoms with van der Waals surface area (Å²) in [4.78, 5) is 34.3. The van der Waals surface area contributed by atoms with E-state index in [1.165, 1.54) is 0 Å². The molecular weight excluding hydrogens is 422 g/mol. The molecule has 1 atom stereocenters. The molecule has 1 unspecified atom stereocenters. The summed E-state index contributed by atoms with van der Waals surface area (Å²) in [6.07, 6.45) is 4.75. The van der Waals surface area contributed by atoms with E-state index >= 15 is 0 Å². The average molecular weight is 443 g/mol. The zero-order valence-electron chi connectivity index (χ0n) is 17.9. The third-order valence-electron chi connectivity index (χ3n) is 6.06. The van der Waals surface area contributed by atoms with E-state index in [2.05, 4.69) is 20.6 Å². The van der Waals surface area contributed by atoms with Gasteiger partial charge in [-0.05, 0) is 37.6 Å². The topological polar surface area (TPSA) is 106 Å². The second-order valence-electron chi connectivity index (χ2n) is 8.28. The average Bonchev–Trinajstić information content (AvgIpc) is 3.24. The number of carbonyl (C=O) groups excluding carboxylic acids is 2. The molecule has 2 aromatic heterocycles. The Morgan fingerprint density at radius 3 is 2.88 bits per heavy atom. The van der Waals surface area contributed by atoms with Gasteiger partial charge in [0.1, 0.15) is 23.4 Å². The number of carbonyl (C=O) groups is 2. The van der Waals surface area contributed by atoms with Crippen LogP contribution in [-0.4, -0.2) is 34.9 Å². The van der Waals surface area contributed by atoms with Crippen molar-refractivity contribution in [1.82, 2.24) is 9.97 Å². The number of hydrogen-bond donors (Lipinski definition) is 2. The van der Waals surface area contributed by atoms with E-state index in [4.69, 9.17) is 9.47 Å². The Bertz CT molecular complexity index is 1310. The Morgan fingerprint density at radius 1 is 1.12 bits per heavy atom. The van der Waals surface area contributed by atoms with E-state index in [-0.39, 0.29) is 24.5 Å². The van der Waals surface area contributed by atoms with Crippen LogP contribution in [0.5, 0.6) is 11.6 Å². The number of anilines is 4. The van der Waals surface area contributed by atoms with Gasteiger partial charge < -0.3 is 25.0 Å². The van der Waals surface area contributed by atoms with Crippen LogP contribution in [0.2, 0.25) is 0 Å². The third kappa shape index (κ3) is 3.42. The van der Waals surface area contributed by atoms with Gasteiger partial charge in [0.15, 0.2) is 6.61 Å². The lowest BCUT2D eigenvalue weighted by Crippen LogP contribution is -2.26. The molecule has 3 aliphatic rings. The first-order valence-corrected chi connectivity index (χ1v) is 10.9. The van der Waals surface area contributed by atoms with Gasteiger partial charge in [-0.25, -0.2) is 9.97 Å². The Hall–Kier alpha value is -4.14. The number of ether oxygens (including phenoxy) is 2. The van der Waals surface area contributed by atoms with E-state index < -0.39 is 0 Å². The normalized spacial score (nSPS) is 18.5. The number of amides is 2. The minimum Gasteiger partial charge on any atom is -0.485 e. The number of benzene rings is 1. The lowest BCUT2D eigenvalue weighted by Gasteiger charge is -2.28. The quantitative estimate of drug-likeness (QED) is 0.634.